The second kappa shape index (κ2) is 9.31. The van der Waals surface area contributed by atoms with Crippen molar-refractivity contribution >= 4 is 11.6 Å². The third-order valence-electron chi connectivity index (χ3n) is 6.10. The van der Waals surface area contributed by atoms with Crippen LogP contribution in [0.3, 0.4) is 0 Å². The first-order valence-corrected chi connectivity index (χ1v) is 10.8. The molecule has 1 fully saturated rings. The number of carbonyl (C=O) groups is 1. The molecule has 1 atom stereocenters. The Morgan fingerprint density at radius 2 is 1.81 bits per heavy atom. The molecule has 0 bridgehead atoms. The molecule has 2 heterocycles. The fraction of sp³-hybridized carbons (Fsp3) is 0.375. The van der Waals surface area contributed by atoms with E-state index in [2.05, 4.69) is 70.1 Å². The molecule has 4 rings (SSSR count). The summed E-state index contributed by atoms with van der Waals surface area (Å²) < 4.78 is 1.73. The number of likely N-dealkylation sites (N-methyl/N-ethyl adjacent to an activating group) is 1. The van der Waals surface area contributed by atoms with Crippen LogP contribution in [0.15, 0.2) is 61.2 Å². The Hall–Kier alpha value is -3.19. The summed E-state index contributed by atoms with van der Waals surface area (Å²) in [5, 5.41) is 4.16. The van der Waals surface area contributed by atoms with Gasteiger partial charge in [-0.05, 0) is 56.3 Å². The fourth-order valence-electron chi connectivity index (χ4n) is 3.99. The molecular weight excluding hydrogens is 388 g/mol. The maximum absolute atomic E-state index is 12.9. The van der Waals surface area contributed by atoms with Crippen molar-refractivity contribution in [2.45, 2.75) is 19.9 Å². The predicted molar refractivity (Wildman–Crippen MR) is 122 cm³/mol. The molecule has 7 heteroatoms. The monoisotopic (exact) mass is 418 g/mol. The lowest BCUT2D eigenvalue weighted by Crippen LogP contribution is -2.51. The summed E-state index contributed by atoms with van der Waals surface area (Å²) >= 11 is 0. The van der Waals surface area contributed by atoms with Crippen LogP contribution in [0.25, 0.3) is 5.69 Å². The van der Waals surface area contributed by atoms with E-state index in [4.69, 9.17) is 0 Å². The minimum Gasteiger partial charge on any atom is -0.368 e. The Labute approximate surface area is 183 Å². The predicted octanol–water partition coefficient (Wildman–Crippen LogP) is 2.92. The highest BCUT2D eigenvalue weighted by Crippen LogP contribution is 2.21. The van der Waals surface area contributed by atoms with Gasteiger partial charge >= 0.3 is 0 Å². The molecule has 31 heavy (non-hydrogen) atoms. The van der Waals surface area contributed by atoms with E-state index < -0.39 is 0 Å². The van der Waals surface area contributed by atoms with Crippen molar-refractivity contribution in [2.75, 3.05) is 44.7 Å². The summed E-state index contributed by atoms with van der Waals surface area (Å²) in [4.78, 5) is 23.3. The van der Waals surface area contributed by atoms with Crippen molar-refractivity contribution in [2.24, 2.45) is 0 Å². The first-order valence-electron chi connectivity index (χ1n) is 10.8. The molecule has 1 aliphatic heterocycles. The third kappa shape index (κ3) is 4.94. The zero-order valence-corrected chi connectivity index (χ0v) is 18.5. The van der Waals surface area contributed by atoms with Crippen LogP contribution >= 0.6 is 0 Å². The maximum Gasteiger partial charge on any atom is 0.236 e. The molecule has 7 nitrogen and oxygen atoms in total. The topological polar surface area (TPSA) is 57.5 Å². The molecule has 1 saturated heterocycles. The SMILES string of the molecule is Cc1cccc(N2CCN(C(=O)CN(C)[C@@H](C)c3ccc(-n4cncn4)cc3)CC2)c1. The molecule has 162 valence electrons. The van der Waals surface area contributed by atoms with E-state index in [9.17, 15) is 4.79 Å². The Morgan fingerprint density at radius 3 is 2.45 bits per heavy atom. The lowest BCUT2D eigenvalue weighted by Gasteiger charge is -2.37. The number of carbonyl (C=O) groups excluding carboxylic acids is 1. The molecule has 0 N–H and O–H groups in total. The average Bonchev–Trinajstić information content (AvgIpc) is 3.34. The minimum absolute atomic E-state index is 0.141. The molecule has 1 aromatic heterocycles. The number of nitrogens with zero attached hydrogens (tertiary/aromatic N) is 6. The van der Waals surface area contributed by atoms with E-state index in [0.29, 0.717) is 6.54 Å². The molecular formula is C24H30N6O. The molecule has 0 unspecified atom stereocenters. The Balaban J connectivity index is 1.30. The van der Waals surface area contributed by atoms with Gasteiger partial charge in [0, 0.05) is 37.9 Å². The number of amides is 1. The van der Waals surface area contributed by atoms with Gasteiger partial charge in [-0.15, -0.1) is 0 Å². The number of hydrogen-bond acceptors (Lipinski definition) is 5. The molecule has 0 radical (unpaired) electrons. The first kappa shape index (κ1) is 21.1. The summed E-state index contributed by atoms with van der Waals surface area (Å²) in [7, 11) is 2.01. The number of aromatic nitrogens is 3. The van der Waals surface area contributed by atoms with Gasteiger partial charge in [0.25, 0.3) is 0 Å². The molecule has 3 aromatic rings. The summed E-state index contributed by atoms with van der Waals surface area (Å²) in [5.41, 5.74) is 4.65. The molecule has 1 amide bonds. The second-order valence-corrected chi connectivity index (χ2v) is 8.23. The van der Waals surface area contributed by atoms with E-state index in [-0.39, 0.29) is 11.9 Å². The first-order chi connectivity index (χ1) is 15.0. The number of aryl methyl sites for hydroxylation is 1. The number of piperazine rings is 1. The van der Waals surface area contributed by atoms with E-state index >= 15 is 0 Å². The summed E-state index contributed by atoms with van der Waals surface area (Å²) in [5.74, 6) is 0.192. The third-order valence-corrected chi connectivity index (χ3v) is 6.10. The quantitative estimate of drug-likeness (QED) is 0.616. The van der Waals surface area contributed by atoms with Crippen molar-refractivity contribution in [3.63, 3.8) is 0 Å². The lowest BCUT2D eigenvalue weighted by atomic mass is 10.1. The molecule has 2 aromatic carbocycles. The van der Waals surface area contributed by atoms with Crippen molar-refractivity contribution in [1.29, 1.82) is 0 Å². The highest BCUT2D eigenvalue weighted by atomic mass is 16.2. The van der Waals surface area contributed by atoms with Crippen molar-refractivity contribution in [3.05, 3.63) is 72.3 Å². The van der Waals surface area contributed by atoms with E-state index in [1.165, 1.54) is 23.1 Å². The standard InChI is InChI=1S/C24H30N6O/c1-19-5-4-6-23(15-19)28-11-13-29(14-12-28)24(31)16-27(3)20(2)21-7-9-22(10-8-21)30-18-25-17-26-30/h4-10,15,17-18,20H,11-14,16H2,1-3H3/t20-/m0/s1. The maximum atomic E-state index is 12.9. The number of hydrogen-bond donors (Lipinski definition) is 0. The number of benzene rings is 2. The van der Waals surface area contributed by atoms with E-state index in [1.807, 2.05) is 24.1 Å². The lowest BCUT2D eigenvalue weighted by molar-refractivity contribution is -0.132. The van der Waals surface area contributed by atoms with Crippen LogP contribution in [0.2, 0.25) is 0 Å². The van der Waals surface area contributed by atoms with E-state index in [1.54, 1.807) is 11.0 Å². The average molecular weight is 419 g/mol. The smallest absolute Gasteiger partial charge is 0.236 e. The van der Waals surface area contributed by atoms with Gasteiger partial charge in [-0.1, -0.05) is 24.3 Å². The Bertz CT molecular complexity index is 993. The molecule has 0 aliphatic carbocycles. The molecule has 0 spiro atoms. The van der Waals surface area contributed by atoms with Crippen LogP contribution in [-0.2, 0) is 4.79 Å². The van der Waals surface area contributed by atoms with Gasteiger partial charge in [0.1, 0.15) is 12.7 Å². The van der Waals surface area contributed by atoms with Crippen LogP contribution in [0.1, 0.15) is 24.1 Å². The summed E-state index contributed by atoms with van der Waals surface area (Å²) in [6, 6.07) is 16.9. The molecule has 1 aliphatic rings. The summed E-state index contributed by atoms with van der Waals surface area (Å²) in [6.45, 7) is 7.94. The van der Waals surface area contributed by atoms with Crippen LogP contribution < -0.4 is 4.90 Å². The zero-order valence-electron chi connectivity index (χ0n) is 18.5. The Morgan fingerprint density at radius 1 is 1.06 bits per heavy atom. The largest absolute Gasteiger partial charge is 0.368 e. The number of anilines is 1. The van der Waals surface area contributed by atoms with Gasteiger partial charge < -0.3 is 9.80 Å². The summed E-state index contributed by atoms with van der Waals surface area (Å²) in [6.07, 6.45) is 3.21. The van der Waals surface area contributed by atoms with Gasteiger partial charge in [0.15, 0.2) is 0 Å². The van der Waals surface area contributed by atoms with Crippen LogP contribution in [0.5, 0.6) is 0 Å². The number of rotatable bonds is 6. The molecule has 0 saturated carbocycles. The normalized spacial score (nSPS) is 15.4. The van der Waals surface area contributed by atoms with Gasteiger partial charge in [0.05, 0.1) is 12.2 Å². The van der Waals surface area contributed by atoms with Gasteiger partial charge in [0.2, 0.25) is 5.91 Å². The van der Waals surface area contributed by atoms with Gasteiger partial charge in [-0.2, -0.15) is 5.10 Å². The van der Waals surface area contributed by atoms with Crippen LogP contribution in [0, 0.1) is 6.92 Å². The van der Waals surface area contributed by atoms with Crippen molar-refractivity contribution in [3.8, 4) is 5.69 Å². The highest BCUT2D eigenvalue weighted by molar-refractivity contribution is 5.78. The van der Waals surface area contributed by atoms with Gasteiger partial charge in [-0.25, -0.2) is 9.67 Å². The van der Waals surface area contributed by atoms with Crippen LogP contribution in [0.4, 0.5) is 5.69 Å². The van der Waals surface area contributed by atoms with Crippen molar-refractivity contribution in [1.82, 2.24) is 24.6 Å². The zero-order chi connectivity index (χ0) is 21.8. The van der Waals surface area contributed by atoms with Crippen molar-refractivity contribution < 1.29 is 4.79 Å². The van der Waals surface area contributed by atoms with Crippen LogP contribution in [-0.4, -0.2) is 70.2 Å². The highest BCUT2D eigenvalue weighted by Gasteiger charge is 2.23. The van der Waals surface area contributed by atoms with Gasteiger partial charge in [-0.3, -0.25) is 9.69 Å². The Kier molecular flexibility index (Phi) is 6.32. The minimum atomic E-state index is 0.141. The fourth-order valence-corrected chi connectivity index (χ4v) is 3.99. The second-order valence-electron chi connectivity index (χ2n) is 8.23. The van der Waals surface area contributed by atoms with E-state index in [0.717, 1.165) is 31.9 Å².